The van der Waals surface area contributed by atoms with E-state index in [4.69, 9.17) is 4.42 Å². The van der Waals surface area contributed by atoms with E-state index in [1.807, 2.05) is 78.4 Å². The third kappa shape index (κ3) is 4.58. The molecule has 0 saturated heterocycles. The van der Waals surface area contributed by atoms with Crippen molar-refractivity contribution in [2.24, 2.45) is 0 Å². The van der Waals surface area contributed by atoms with Gasteiger partial charge in [-0.25, -0.2) is 4.68 Å². The van der Waals surface area contributed by atoms with E-state index in [2.05, 4.69) is 10.4 Å². The lowest BCUT2D eigenvalue weighted by Crippen LogP contribution is -2.36. The molecule has 3 aromatic rings. The molecule has 0 aliphatic heterocycles. The quantitative estimate of drug-likeness (QED) is 0.719. The molecule has 1 aromatic carbocycles. The molecule has 0 spiro atoms. The maximum absolute atomic E-state index is 12.2. The topological polar surface area (TPSA) is 63.3 Å². The summed E-state index contributed by atoms with van der Waals surface area (Å²) in [5.41, 5.74) is 2.07. The summed E-state index contributed by atoms with van der Waals surface area (Å²) >= 11 is 0. The lowest BCUT2D eigenvalue weighted by Gasteiger charge is -2.17. The fourth-order valence-corrected chi connectivity index (χ4v) is 2.67. The molecule has 3 rings (SSSR count). The van der Waals surface area contributed by atoms with Gasteiger partial charge in [0.15, 0.2) is 0 Å². The Kier molecular flexibility index (Phi) is 5.30. The van der Waals surface area contributed by atoms with Gasteiger partial charge in [-0.05, 0) is 38.2 Å². The number of hydrogen-bond acceptors (Lipinski definition) is 4. The fraction of sp³-hybridized carbons (Fsp3) is 0.263. The number of nitrogens with one attached hydrogen (secondary N) is 1. The summed E-state index contributed by atoms with van der Waals surface area (Å²) < 4.78 is 7.14. The first-order chi connectivity index (χ1) is 12.1. The molecule has 0 fully saturated rings. The first-order valence-electron chi connectivity index (χ1n) is 8.22. The van der Waals surface area contributed by atoms with Crippen LogP contribution in [0.1, 0.15) is 24.3 Å². The number of aromatic nitrogens is 2. The van der Waals surface area contributed by atoms with Crippen molar-refractivity contribution in [1.29, 1.82) is 0 Å². The summed E-state index contributed by atoms with van der Waals surface area (Å²) in [6.45, 7) is 2.86. The number of amides is 1. The Hall–Kier alpha value is -2.86. The molecule has 1 atom stereocenters. The fourth-order valence-electron chi connectivity index (χ4n) is 2.67. The largest absolute Gasteiger partial charge is 0.467 e. The number of likely N-dealkylation sites (N-methyl/N-ethyl adjacent to an activating group) is 1. The van der Waals surface area contributed by atoms with Gasteiger partial charge in [-0.2, -0.15) is 5.10 Å². The normalized spacial score (nSPS) is 12.3. The van der Waals surface area contributed by atoms with Crippen molar-refractivity contribution in [2.75, 3.05) is 13.6 Å². The molecule has 0 radical (unpaired) electrons. The van der Waals surface area contributed by atoms with Gasteiger partial charge in [0.2, 0.25) is 5.91 Å². The summed E-state index contributed by atoms with van der Waals surface area (Å²) in [7, 11) is 1.91. The van der Waals surface area contributed by atoms with Crippen LogP contribution in [0.2, 0.25) is 0 Å². The molecule has 6 heteroatoms. The van der Waals surface area contributed by atoms with E-state index in [9.17, 15) is 4.79 Å². The van der Waals surface area contributed by atoms with Crippen LogP contribution >= 0.6 is 0 Å². The number of rotatable bonds is 7. The number of carbonyl (C=O) groups excluding carboxylic acids is 1. The van der Waals surface area contributed by atoms with Crippen LogP contribution < -0.4 is 5.32 Å². The van der Waals surface area contributed by atoms with E-state index in [1.165, 1.54) is 0 Å². The molecular weight excluding hydrogens is 316 g/mol. The highest BCUT2D eigenvalue weighted by Gasteiger charge is 2.14. The summed E-state index contributed by atoms with van der Waals surface area (Å²) in [6.07, 6.45) is 5.41. The first kappa shape index (κ1) is 17.0. The Bertz CT molecular complexity index is 796. The molecule has 1 N–H and O–H groups in total. The predicted molar refractivity (Wildman–Crippen MR) is 95.2 cm³/mol. The molecule has 0 bridgehead atoms. The van der Waals surface area contributed by atoms with E-state index in [1.54, 1.807) is 6.26 Å². The van der Waals surface area contributed by atoms with Gasteiger partial charge in [0.25, 0.3) is 0 Å². The van der Waals surface area contributed by atoms with Crippen LogP contribution in [-0.2, 0) is 11.3 Å². The lowest BCUT2D eigenvalue weighted by molar-refractivity contribution is -0.122. The van der Waals surface area contributed by atoms with Crippen LogP contribution in [0.25, 0.3) is 5.69 Å². The van der Waals surface area contributed by atoms with E-state index in [0.717, 1.165) is 17.0 Å². The van der Waals surface area contributed by atoms with Crippen molar-refractivity contribution in [3.8, 4) is 5.69 Å². The van der Waals surface area contributed by atoms with Gasteiger partial charge < -0.3 is 9.73 Å². The Labute approximate surface area is 147 Å². The molecule has 1 unspecified atom stereocenters. The molecule has 6 nitrogen and oxygen atoms in total. The Balaban J connectivity index is 1.51. The van der Waals surface area contributed by atoms with E-state index in [-0.39, 0.29) is 11.9 Å². The van der Waals surface area contributed by atoms with Crippen LogP contribution in [0, 0.1) is 0 Å². The minimum absolute atomic E-state index is 0.0400. The zero-order valence-corrected chi connectivity index (χ0v) is 14.4. The number of hydrogen-bond donors (Lipinski definition) is 1. The van der Waals surface area contributed by atoms with Crippen molar-refractivity contribution >= 4 is 5.91 Å². The van der Waals surface area contributed by atoms with Crippen LogP contribution in [0.3, 0.4) is 0 Å². The SMILES string of the molecule is CC(NC(=O)CN(C)Cc1cnn(-c2ccccc2)c1)c1ccco1. The monoisotopic (exact) mass is 338 g/mol. The van der Waals surface area contributed by atoms with Crippen LogP contribution in [0.15, 0.2) is 65.5 Å². The first-order valence-corrected chi connectivity index (χ1v) is 8.22. The van der Waals surface area contributed by atoms with Gasteiger partial charge in [0.05, 0.1) is 30.7 Å². The highest BCUT2D eigenvalue weighted by atomic mass is 16.3. The zero-order chi connectivity index (χ0) is 17.6. The molecule has 2 heterocycles. The van der Waals surface area contributed by atoms with Crippen LogP contribution in [-0.4, -0.2) is 34.2 Å². The van der Waals surface area contributed by atoms with Crippen molar-refractivity contribution in [1.82, 2.24) is 20.0 Å². The minimum Gasteiger partial charge on any atom is -0.467 e. The summed E-state index contributed by atoms with van der Waals surface area (Å²) in [4.78, 5) is 14.1. The average Bonchev–Trinajstić information content (AvgIpc) is 3.27. The van der Waals surface area contributed by atoms with E-state index < -0.39 is 0 Å². The van der Waals surface area contributed by atoms with Gasteiger partial charge in [-0.1, -0.05) is 18.2 Å². The van der Waals surface area contributed by atoms with Gasteiger partial charge in [-0.15, -0.1) is 0 Å². The second-order valence-electron chi connectivity index (χ2n) is 6.11. The molecule has 130 valence electrons. The van der Waals surface area contributed by atoms with Crippen LogP contribution in [0.5, 0.6) is 0 Å². The van der Waals surface area contributed by atoms with E-state index in [0.29, 0.717) is 13.1 Å². The average molecular weight is 338 g/mol. The maximum atomic E-state index is 12.2. The highest BCUT2D eigenvalue weighted by Crippen LogP contribution is 2.12. The van der Waals surface area contributed by atoms with Gasteiger partial charge in [0, 0.05) is 18.3 Å². The molecule has 25 heavy (non-hydrogen) atoms. The smallest absolute Gasteiger partial charge is 0.234 e. The molecule has 1 amide bonds. The highest BCUT2D eigenvalue weighted by molar-refractivity contribution is 5.78. The number of furan rings is 1. The Morgan fingerprint density at radius 1 is 1.28 bits per heavy atom. The number of nitrogens with zero attached hydrogens (tertiary/aromatic N) is 3. The van der Waals surface area contributed by atoms with Gasteiger partial charge in [0.1, 0.15) is 5.76 Å². The second-order valence-corrected chi connectivity index (χ2v) is 6.11. The van der Waals surface area contributed by atoms with Crippen molar-refractivity contribution in [3.05, 3.63) is 72.4 Å². The summed E-state index contributed by atoms with van der Waals surface area (Å²) in [6, 6.07) is 13.5. The lowest BCUT2D eigenvalue weighted by atomic mass is 10.2. The standard InChI is InChI=1S/C19H22N4O2/c1-15(18-9-6-10-25-18)21-19(24)14-22(2)12-16-11-20-23(13-16)17-7-4-3-5-8-17/h3-11,13,15H,12,14H2,1-2H3,(H,21,24). The Morgan fingerprint density at radius 2 is 2.08 bits per heavy atom. The minimum atomic E-state index is -0.142. The Morgan fingerprint density at radius 3 is 2.80 bits per heavy atom. The van der Waals surface area contributed by atoms with E-state index >= 15 is 0 Å². The molecule has 0 saturated carbocycles. The number of para-hydroxylation sites is 1. The number of benzene rings is 1. The third-order valence-corrected chi connectivity index (χ3v) is 3.87. The summed E-state index contributed by atoms with van der Waals surface area (Å²) in [5.74, 6) is 0.710. The van der Waals surface area contributed by atoms with Gasteiger partial charge in [-0.3, -0.25) is 9.69 Å². The zero-order valence-electron chi connectivity index (χ0n) is 14.4. The van der Waals surface area contributed by atoms with Crippen molar-refractivity contribution in [2.45, 2.75) is 19.5 Å². The second kappa shape index (κ2) is 7.81. The third-order valence-electron chi connectivity index (χ3n) is 3.87. The van der Waals surface area contributed by atoms with Gasteiger partial charge >= 0.3 is 0 Å². The molecule has 0 aliphatic carbocycles. The van der Waals surface area contributed by atoms with Crippen molar-refractivity contribution in [3.63, 3.8) is 0 Å². The predicted octanol–water partition coefficient (Wildman–Crippen LogP) is 2.77. The maximum Gasteiger partial charge on any atom is 0.234 e. The number of carbonyl (C=O) groups is 1. The molecule has 2 aromatic heterocycles. The summed E-state index contributed by atoms with van der Waals surface area (Å²) in [5, 5.41) is 7.31. The van der Waals surface area contributed by atoms with Crippen LogP contribution in [0.4, 0.5) is 0 Å². The van der Waals surface area contributed by atoms with Crippen molar-refractivity contribution < 1.29 is 9.21 Å². The molecular formula is C19H22N4O2. The molecule has 0 aliphatic rings.